The third-order valence-corrected chi connectivity index (χ3v) is 3.21. The lowest BCUT2D eigenvalue weighted by atomic mass is 10.0. The Morgan fingerprint density at radius 3 is 2.40 bits per heavy atom. The van der Waals surface area contributed by atoms with Gasteiger partial charge < -0.3 is 5.11 Å². The SMILES string of the molecule is OC(Cc1cc(F)ccc1Cl)c1ccc(F)c(F)c1F. The van der Waals surface area contributed by atoms with Crippen molar-refractivity contribution in [3.8, 4) is 0 Å². The molecule has 0 aliphatic carbocycles. The van der Waals surface area contributed by atoms with Gasteiger partial charge in [0.25, 0.3) is 0 Å². The molecule has 0 radical (unpaired) electrons. The van der Waals surface area contributed by atoms with Gasteiger partial charge in [-0.3, -0.25) is 0 Å². The Morgan fingerprint density at radius 1 is 1.00 bits per heavy atom. The first-order chi connectivity index (χ1) is 9.40. The average Bonchev–Trinajstić information content (AvgIpc) is 2.40. The minimum atomic E-state index is -1.66. The Bertz CT molecular complexity index is 645. The van der Waals surface area contributed by atoms with Crippen molar-refractivity contribution in [1.82, 2.24) is 0 Å². The van der Waals surface area contributed by atoms with E-state index in [1.807, 2.05) is 0 Å². The van der Waals surface area contributed by atoms with E-state index >= 15 is 0 Å². The number of aliphatic hydroxyl groups excluding tert-OH is 1. The number of rotatable bonds is 3. The minimum absolute atomic E-state index is 0.188. The van der Waals surface area contributed by atoms with Crippen LogP contribution in [0.1, 0.15) is 17.2 Å². The fraction of sp³-hybridized carbons (Fsp3) is 0.143. The van der Waals surface area contributed by atoms with Crippen molar-refractivity contribution in [2.45, 2.75) is 12.5 Å². The van der Waals surface area contributed by atoms with Gasteiger partial charge in [-0.25, -0.2) is 17.6 Å². The summed E-state index contributed by atoms with van der Waals surface area (Å²) < 4.78 is 52.5. The largest absolute Gasteiger partial charge is 0.388 e. The fourth-order valence-corrected chi connectivity index (χ4v) is 2.01. The summed E-state index contributed by atoms with van der Waals surface area (Å²) >= 11 is 5.82. The second kappa shape index (κ2) is 5.81. The molecule has 106 valence electrons. The van der Waals surface area contributed by atoms with E-state index in [1.165, 1.54) is 6.07 Å². The Labute approximate surface area is 117 Å². The van der Waals surface area contributed by atoms with Crippen molar-refractivity contribution in [3.63, 3.8) is 0 Å². The third-order valence-electron chi connectivity index (χ3n) is 2.85. The highest BCUT2D eigenvalue weighted by atomic mass is 35.5. The highest BCUT2D eigenvalue weighted by Gasteiger charge is 2.20. The van der Waals surface area contributed by atoms with Crippen molar-refractivity contribution in [2.75, 3.05) is 0 Å². The maximum Gasteiger partial charge on any atom is 0.194 e. The number of hydrogen-bond donors (Lipinski definition) is 1. The molecule has 2 rings (SSSR count). The molecule has 20 heavy (non-hydrogen) atoms. The topological polar surface area (TPSA) is 20.2 Å². The first-order valence-corrected chi connectivity index (χ1v) is 6.03. The lowest BCUT2D eigenvalue weighted by Crippen LogP contribution is -2.07. The van der Waals surface area contributed by atoms with Crippen LogP contribution in [-0.2, 0) is 6.42 Å². The van der Waals surface area contributed by atoms with E-state index in [4.69, 9.17) is 11.6 Å². The molecule has 0 bridgehead atoms. The van der Waals surface area contributed by atoms with E-state index in [9.17, 15) is 22.7 Å². The zero-order valence-corrected chi connectivity index (χ0v) is 10.8. The highest BCUT2D eigenvalue weighted by Crippen LogP contribution is 2.27. The summed E-state index contributed by atoms with van der Waals surface area (Å²) in [6, 6.07) is 5.16. The molecule has 1 unspecified atom stereocenters. The molecule has 2 aromatic carbocycles. The molecule has 1 nitrogen and oxygen atoms in total. The van der Waals surface area contributed by atoms with Crippen molar-refractivity contribution in [2.24, 2.45) is 0 Å². The first kappa shape index (κ1) is 14.8. The summed E-state index contributed by atoms with van der Waals surface area (Å²) in [6.45, 7) is 0. The molecular weight excluding hydrogens is 296 g/mol. The zero-order valence-electron chi connectivity index (χ0n) is 10.0. The number of benzene rings is 2. The lowest BCUT2D eigenvalue weighted by Gasteiger charge is -2.13. The van der Waals surface area contributed by atoms with Crippen LogP contribution in [0.25, 0.3) is 0 Å². The van der Waals surface area contributed by atoms with E-state index < -0.39 is 34.9 Å². The van der Waals surface area contributed by atoms with Crippen LogP contribution in [0.4, 0.5) is 17.6 Å². The zero-order chi connectivity index (χ0) is 14.9. The van der Waals surface area contributed by atoms with Gasteiger partial charge in [-0.2, -0.15) is 0 Å². The average molecular weight is 305 g/mol. The van der Waals surface area contributed by atoms with Gasteiger partial charge in [-0.05, 0) is 29.8 Å². The van der Waals surface area contributed by atoms with Crippen LogP contribution in [-0.4, -0.2) is 5.11 Å². The van der Waals surface area contributed by atoms with E-state index in [-0.39, 0.29) is 17.0 Å². The number of hydrogen-bond acceptors (Lipinski definition) is 1. The first-order valence-electron chi connectivity index (χ1n) is 5.65. The van der Waals surface area contributed by atoms with Gasteiger partial charge in [0.05, 0.1) is 6.10 Å². The van der Waals surface area contributed by atoms with Gasteiger partial charge in [-0.15, -0.1) is 0 Å². The standard InChI is InChI=1S/C14H9ClF4O/c15-10-3-1-8(16)5-7(10)6-12(20)9-2-4-11(17)14(19)13(9)18/h1-5,12,20H,6H2. The normalized spacial score (nSPS) is 12.5. The van der Waals surface area contributed by atoms with Crippen LogP contribution in [0, 0.1) is 23.3 Å². The van der Waals surface area contributed by atoms with E-state index in [2.05, 4.69) is 0 Å². The van der Waals surface area contributed by atoms with Gasteiger partial charge in [0.1, 0.15) is 5.82 Å². The van der Waals surface area contributed by atoms with Gasteiger partial charge in [-0.1, -0.05) is 17.7 Å². The molecule has 6 heteroatoms. The Morgan fingerprint density at radius 2 is 1.70 bits per heavy atom. The van der Waals surface area contributed by atoms with E-state index in [1.54, 1.807) is 0 Å². The predicted octanol–water partition coefficient (Wildman–Crippen LogP) is 4.17. The van der Waals surface area contributed by atoms with Gasteiger partial charge >= 0.3 is 0 Å². The molecule has 0 aliphatic rings. The molecule has 0 heterocycles. The molecule has 2 aromatic rings. The molecule has 0 saturated carbocycles. The molecule has 1 N–H and O–H groups in total. The summed E-state index contributed by atoms with van der Waals surface area (Å²) in [4.78, 5) is 0. The van der Waals surface area contributed by atoms with Crippen molar-refractivity contribution in [3.05, 3.63) is 69.8 Å². The van der Waals surface area contributed by atoms with Crippen molar-refractivity contribution in [1.29, 1.82) is 0 Å². The summed E-state index contributed by atoms with van der Waals surface area (Å²) in [5, 5.41) is 10.1. The number of aliphatic hydroxyl groups is 1. The van der Waals surface area contributed by atoms with Gasteiger partial charge in [0.15, 0.2) is 17.5 Å². The van der Waals surface area contributed by atoms with Gasteiger partial charge in [0.2, 0.25) is 0 Å². The molecule has 0 saturated heterocycles. The van der Waals surface area contributed by atoms with Crippen molar-refractivity contribution < 1.29 is 22.7 Å². The van der Waals surface area contributed by atoms with Crippen LogP contribution < -0.4 is 0 Å². The van der Waals surface area contributed by atoms with Crippen molar-refractivity contribution >= 4 is 11.6 Å². The van der Waals surface area contributed by atoms with Crippen LogP contribution >= 0.6 is 11.6 Å². The van der Waals surface area contributed by atoms with Crippen LogP contribution in [0.5, 0.6) is 0 Å². The summed E-state index contributed by atoms with van der Waals surface area (Å²) in [5.41, 5.74) is -0.174. The van der Waals surface area contributed by atoms with E-state index in [0.717, 1.165) is 18.2 Å². The quantitative estimate of drug-likeness (QED) is 0.666. The Balaban J connectivity index is 2.31. The molecule has 0 fully saturated rings. The minimum Gasteiger partial charge on any atom is -0.388 e. The van der Waals surface area contributed by atoms with Gasteiger partial charge in [0, 0.05) is 17.0 Å². The van der Waals surface area contributed by atoms with Crippen LogP contribution in [0.2, 0.25) is 5.02 Å². The lowest BCUT2D eigenvalue weighted by molar-refractivity contribution is 0.171. The monoisotopic (exact) mass is 304 g/mol. The highest BCUT2D eigenvalue weighted by molar-refractivity contribution is 6.31. The molecule has 1 atom stereocenters. The summed E-state index contributed by atoms with van der Waals surface area (Å²) in [7, 11) is 0. The number of halogens is 5. The van der Waals surface area contributed by atoms with E-state index in [0.29, 0.717) is 6.07 Å². The molecule has 0 spiro atoms. The maximum atomic E-state index is 13.5. The fourth-order valence-electron chi connectivity index (χ4n) is 1.82. The smallest absolute Gasteiger partial charge is 0.194 e. The third kappa shape index (κ3) is 2.94. The molecule has 0 aliphatic heterocycles. The predicted molar refractivity (Wildman–Crippen MR) is 66.4 cm³/mol. The second-order valence-corrected chi connectivity index (χ2v) is 4.63. The Hall–Kier alpha value is -1.59. The van der Waals surface area contributed by atoms with Crippen LogP contribution in [0.15, 0.2) is 30.3 Å². The summed E-state index contributed by atoms with van der Waals surface area (Å²) in [6.07, 6.45) is -1.69. The molecule has 0 aromatic heterocycles. The summed E-state index contributed by atoms with van der Waals surface area (Å²) in [5.74, 6) is -5.04. The molecular formula is C14H9ClF4O. The second-order valence-electron chi connectivity index (χ2n) is 4.22. The maximum absolute atomic E-state index is 13.5. The van der Waals surface area contributed by atoms with Crippen LogP contribution in [0.3, 0.4) is 0 Å². The molecule has 0 amide bonds. The Kier molecular flexibility index (Phi) is 4.30.